The van der Waals surface area contributed by atoms with Crippen LogP contribution in [0.1, 0.15) is 5.56 Å². The van der Waals surface area contributed by atoms with E-state index in [1.807, 2.05) is 48.5 Å². The smallest absolute Gasteiger partial charge is 0.244 e. The summed E-state index contributed by atoms with van der Waals surface area (Å²) in [5, 5.41) is 11.9. The Morgan fingerprint density at radius 3 is 2.48 bits per heavy atom. The second-order valence-electron chi connectivity index (χ2n) is 6.18. The van der Waals surface area contributed by atoms with Crippen LogP contribution in [0.15, 0.2) is 79.1 Å². The molecule has 1 heterocycles. The Bertz CT molecular complexity index is 1140. The second-order valence-corrected chi connectivity index (χ2v) is 6.18. The van der Waals surface area contributed by atoms with Crippen LogP contribution >= 0.6 is 0 Å². The van der Waals surface area contributed by atoms with Gasteiger partial charge in [0.25, 0.3) is 0 Å². The summed E-state index contributed by atoms with van der Waals surface area (Å²) in [4.78, 5) is 16.7. The molecule has 0 radical (unpaired) electrons. The predicted octanol–water partition coefficient (Wildman–Crippen LogP) is 4.21. The lowest BCUT2D eigenvalue weighted by Crippen LogP contribution is -2.18. The van der Waals surface area contributed by atoms with Crippen LogP contribution in [0, 0.1) is 11.3 Å². The number of nitrogens with one attached hydrogen (secondary N) is 1. The van der Waals surface area contributed by atoms with Crippen molar-refractivity contribution in [2.24, 2.45) is 0 Å². The standard InChI is InChI=1S/C22H16N4O/c23-13-16-6-11-21-20(12-16)24-15-26(21)14-22(27)25-19-9-7-18(8-10-19)17-4-2-1-3-5-17/h1-12,15H,14H2,(H,25,27). The number of carbonyl (C=O) groups is 1. The van der Waals surface area contributed by atoms with Crippen LogP contribution < -0.4 is 5.32 Å². The van der Waals surface area contributed by atoms with Crippen molar-refractivity contribution in [2.45, 2.75) is 6.54 Å². The maximum atomic E-state index is 12.4. The summed E-state index contributed by atoms with van der Waals surface area (Å²) in [7, 11) is 0. The molecular formula is C22H16N4O. The van der Waals surface area contributed by atoms with Crippen molar-refractivity contribution in [3.63, 3.8) is 0 Å². The molecule has 0 aliphatic heterocycles. The van der Waals surface area contributed by atoms with E-state index >= 15 is 0 Å². The van der Waals surface area contributed by atoms with E-state index in [1.54, 1.807) is 23.0 Å². The summed E-state index contributed by atoms with van der Waals surface area (Å²) in [6.07, 6.45) is 1.61. The monoisotopic (exact) mass is 352 g/mol. The molecule has 5 nitrogen and oxygen atoms in total. The van der Waals surface area contributed by atoms with E-state index in [9.17, 15) is 4.79 Å². The molecule has 0 unspecified atom stereocenters. The van der Waals surface area contributed by atoms with Gasteiger partial charge in [-0.25, -0.2) is 4.98 Å². The molecule has 0 spiro atoms. The van der Waals surface area contributed by atoms with E-state index < -0.39 is 0 Å². The fourth-order valence-corrected chi connectivity index (χ4v) is 2.99. The molecule has 27 heavy (non-hydrogen) atoms. The molecule has 0 fully saturated rings. The van der Waals surface area contributed by atoms with E-state index in [0.717, 1.165) is 22.3 Å². The lowest BCUT2D eigenvalue weighted by molar-refractivity contribution is -0.116. The van der Waals surface area contributed by atoms with Gasteiger partial charge in [0.15, 0.2) is 0 Å². The molecule has 0 saturated carbocycles. The van der Waals surface area contributed by atoms with Gasteiger partial charge in [0.05, 0.1) is 29.0 Å². The van der Waals surface area contributed by atoms with E-state index in [2.05, 4.69) is 28.5 Å². The number of fused-ring (bicyclic) bond motifs is 1. The first-order valence-corrected chi connectivity index (χ1v) is 8.53. The average molecular weight is 352 g/mol. The van der Waals surface area contributed by atoms with E-state index in [4.69, 9.17) is 5.26 Å². The van der Waals surface area contributed by atoms with Gasteiger partial charge in [-0.05, 0) is 41.5 Å². The number of imidazole rings is 1. The predicted molar refractivity (Wildman–Crippen MR) is 105 cm³/mol. The second kappa shape index (κ2) is 7.14. The maximum absolute atomic E-state index is 12.4. The lowest BCUT2D eigenvalue weighted by Gasteiger charge is -2.08. The Kier molecular flexibility index (Phi) is 4.38. The number of aromatic nitrogens is 2. The minimum atomic E-state index is -0.133. The summed E-state index contributed by atoms with van der Waals surface area (Å²) in [5.41, 5.74) is 5.06. The molecule has 5 heteroatoms. The fraction of sp³-hybridized carbons (Fsp3) is 0.0455. The van der Waals surface area contributed by atoms with Crippen molar-refractivity contribution >= 4 is 22.6 Å². The molecule has 4 aromatic rings. The third-order valence-corrected chi connectivity index (χ3v) is 4.34. The third-order valence-electron chi connectivity index (χ3n) is 4.34. The fourth-order valence-electron chi connectivity index (χ4n) is 2.99. The van der Waals surface area contributed by atoms with Gasteiger partial charge in [-0.2, -0.15) is 5.26 Å². The third kappa shape index (κ3) is 3.55. The van der Waals surface area contributed by atoms with Crippen molar-refractivity contribution in [3.8, 4) is 17.2 Å². The summed E-state index contributed by atoms with van der Waals surface area (Å²) in [6.45, 7) is 0.156. The minimum Gasteiger partial charge on any atom is -0.325 e. The van der Waals surface area contributed by atoms with E-state index in [0.29, 0.717) is 11.1 Å². The van der Waals surface area contributed by atoms with Crippen molar-refractivity contribution in [1.82, 2.24) is 9.55 Å². The highest BCUT2D eigenvalue weighted by atomic mass is 16.1. The molecule has 0 atom stereocenters. The van der Waals surface area contributed by atoms with Crippen molar-refractivity contribution in [2.75, 3.05) is 5.32 Å². The highest BCUT2D eigenvalue weighted by molar-refractivity contribution is 5.92. The Balaban J connectivity index is 1.46. The Morgan fingerprint density at radius 2 is 1.74 bits per heavy atom. The molecule has 0 bridgehead atoms. The highest BCUT2D eigenvalue weighted by Crippen LogP contribution is 2.21. The number of carbonyl (C=O) groups excluding carboxylic acids is 1. The highest BCUT2D eigenvalue weighted by Gasteiger charge is 2.08. The molecule has 4 rings (SSSR count). The minimum absolute atomic E-state index is 0.133. The lowest BCUT2D eigenvalue weighted by atomic mass is 10.1. The number of nitriles is 1. The van der Waals surface area contributed by atoms with Crippen LogP contribution in [0.2, 0.25) is 0 Å². The molecular weight excluding hydrogens is 336 g/mol. The van der Waals surface area contributed by atoms with Gasteiger partial charge in [-0.3, -0.25) is 4.79 Å². The van der Waals surface area contributed by atoms with E-state index in [-0.39, 0.29) is 12.5 Å². The number of rotatable bonds is 4. The first-order chi connectivity index (χ1) is 13.2. The SMILES string of the molecule is N#Cc1ccc2c(c1)ncn2CC(=O)Nc1ccc(-c2ccccc2)cc1. The van der Waals surface area contributed by atoms with Gasteiger partial charge in [0.1, 0.15) is 6.54 Å². The van der Waals surface area contributed by atoms with Gasteiger partial charge in [0, 0.05) is 5.69 Å². The van der Waals surface area contributed by atoms with Crippen molar-refractivity contribution in [1.29, 1.82) is 5.26 Å². The number of benzene rings is 3. The topological polar surface area (TPSA) is 70.7 Å². The number of hydrogen-bond acceptors (Lipinski definition) is 3. The maximum Gasteiger partial charge on any atom is 0.244 e. The van der Waals surface area contributed by atoms with Gasteiger partial charge in [-0.1, -0.05) is 42.5 Å². The molecule has 0 aliphatic carbocycles. The summed E-state index contributed by atoms with van der Waals surface area (Å²) in [6, 6.07) is 25.2. The van der Waals surface area contributed by atoms with Crippen molar-refractivity contribution < 1.29 is 4.79 Å². The molecule has 130 valence electrons. The average Bonchev–Trinajstić information content (AvgIpc) is 3.11. The molecule has 0 aliphatic rings. The zero-order valence-electron chi connectivity index (χ0n) is 14.5. The summed E-state index contributed by atoms with van der Waals surface area (Å²) < 4.78 is 1.77. The van der Waals surface area contributed by atoms with Gasteiger partial charge < -0.3 is 9.88 Å². The number of anilines is 1. The van der Waals surface area contributed by atoms with Gasteiger partial charge in [0.2, 0.25) is 5.91 Å². The van der Waals surface area contributed by atoms with Crippen LogP contribution in [0.5, 0.6) is 0 Å². The van der Waals surface area contributed by atoms with E-state index in [1.165, 1.54) is 0 Å². The number of nitrogens with zero attached hydrogens (tertiary/aromatic N) is 3. The number of amides is 1. The molecule has 0 saturated heterocycles. The number of hydrogen-bond donors (Lipinski definition) is 1. The first-order valence-electron chi connectivity index (χ1n) is 8.53. The molecule has 1 amide bonds. The van der Waals surface area contributed by atoms with Crippen molar-refractivity contribution in [3.05, 3.63) is 84.7 Å². The Morgan fingerprint density at radius 1 is 1.00 bits per heavy atom. The summed E-state index contributed by atoms with van der Waals surface area (Å²) >= 11 is 0. The van der Waals surface area contributed by atoms with Crippen LogP contribution in [0.3, 0.4) is 0 Å². The Labute approximate surface area is 156 Å². The van der Waals surface area contributed by atoms with Crippen LogP contribution in [-0.4, -0.2) is 15.5 Å². The zero-order valence-corrected chi connectivity index (χ0v) is 14.5. The zero-order chi connectivity index (χ0) is 18.6. The summed E-state index contributed by atoms with van der Waals surface area (Å²) in [5.74, 6) is -0.133. The molecule has 3 aromatic carbocycles. The molecule has 1 N–H and O–H groups in total. The quantitative estimate of drug-likeness (QED) is 0.598. The Hall–Kier alpha value is -3.91. The molecule has 1 aromatic heterocycles. The first kappa shape index (κ1) is 16.6. The normalized spacial score (nSPS) is 10.5. The van der Waals surface area contributed by atoms with Crippen LogP contribution in [0.4, 0.5) is 5.69 Å². The largest absolute Gasteiger partial charge is 0.325 e. The van der Waals surface area contributed by atoms with Gasteiger partial charge in [-0.15, -0.1) is 0 Å². The van der Waals surface area contributed by atoms with Crippen LogP contribution in [-0.2, 0) is 11.3 Å². The van der Waals surface area contributed by atoms with Gasteiger partial charge >= 0.3 is 0 Å². The van der Waals surface area contributed by atoms with Crippen LogP contribution in [0.25, 0.3) is 22.2 Å².